The van der Waals surface area contributed by atoms with E-state index >= 15 is 0 Å². The summed E-state index contributed by atoms with van der Waals surface area (Å²) in [5.41, 5.74) is 0.672. The van der Waals surface area contributed by atoms with Gasteiger partial charge in [-0.25, -0.2) is 13.2 Å². The first-order valence-corrected chi connectivity index (χ1v) is 13.5. The molecule has 0 radical (unpaired) electrons. The van der Waals surface area contributed by atoms with E-state index in [9.17, 15) is 17.6 Å². The van der Waals surface area contributed by atoms with E-state index in [-0.39, 0.29) is 22.2 Å². The number of benzene rings is 1. The van der Waals surface area contributed by atoms with Crippen LogP contribution in [-0.4, -0.2) is 55.2 Å². The summed E-state index contributed by atoms with van der Waals surface area (Å²) in [6.07, 6.45) is 8.26. The van der Waals surface area contributed by atoms with Crippen molar-refractivity contribution in [1.29, 1.82) is 0 Å². The molecule has 0 saturated heterocycles. The van der Waals surface area contributed by atoms with Gasteiger partial charge in [-0.3, -0.25) is 0 Å². The molecule has 5 rings (SSSR count). The van der Waals surface area contributed by atoms with Gasteiger partial charge in [-0.2, -0.15) is 8.70 Å². The van der Waals surface area contributed by atoms with E-state index in [1.165, 1.54) is 22.1 Å². The Morgan fingerprint density at radius 1 is 1.38 bits per heavy atom. The number of sulfonamides is 1. The van der Waals surface area contributed by atoms with Crippen LogP contribution in [0.1, 0.15) is 45.4 Å². The quantitative estimate of drug-likeness (QED) is 0.336. The lowest BCUT2D eigenvalue weighted by atomic mass is 9.49. The lowest BCUT2D eigenvalue weighted by Crippen LogP contribution is -2.69. The molecule has 176 valence electrons. The number of hydrogen-bond acceptors (Lipinski definition) is 6. The van der Waals surface area contributed by atoms with E-state index in [2.05, 4.69) is 11.8 Å². The van der Waals surface area contributed by atoms with Crippen LogP contribution in [0.15, 0.2) is 34.0 Å². The minimum absolute atomic E-state index is 0.0119. The highest BCUT2D eigenvalue weighted by molar-refractivity contribution is 7.98. The number of nitrogens with zero attached hydrogens (tertiary/aromatic N) is 2. The number of carboxylic acid groups (broad SMARTS) is 1. The monoisotopic (exact) mass is 484 g/mol. The van der Waals surface area contributed by atoms with E-state index in [1.54, 1.807) is 13.1 Å². The van der Waals surface area contributed by atoms with Crippen LogP contribution in [0.4, 0.5) is 10.1 Å². The number of hydrogen-bond donors (Lipinski definition) is 1. The van der Waals surface area contributed by atoms with Crippen LogP contribution in [0.25, 0.3) is 0 Å². The van der Waals surface area contributed by atoms with E-state index in [4.69, 9.17) is 9.84 Å². The van der Waals surface area contributed by atoms with Gasteiger partial charge in [0.2, 0.25) is 15.9 Å². The normalized spacial score (nSPS) is 28.9. The predicted octanol–water partition coefficient (Wildman–Crippen LogP) is 4.23. The number of likely N-dealkylation sites (N-methyl/N-ethyl adjacent to an activating group) is 1. The molecule has 4 aliphatic rings. The van der Waals surface area contributed by atoms with Crippen molar-refractivity contribution in [3.05, 3.63) is 24.2 Å². The minimum Gasteiger partial charge on any atom is -0.476 e. The summed E-state index contributed by atoms with van der Waals surface area (Å²) in [6.45, 7) is 2.73. The molecule has 10 heteroatoms. The van der Waals surface area contributed by atoms with Gasteiger partial charge >= 0.3 is 5.97 Å². The molecule has 1 aromatic carbocycles. The molecule has 3 saturated carbocycles. The maximum absolute atomic E-state index is 13.6. The topological polar surface area (TPSA) is 87.1 Å². The Hall–Kier alpha value is -1.78. The number of carbonyl (C=O) groups is 1. The van der Waals surface area contributed by atoms with Gasteiger partial charge in [0.1, 0.15) is 16.9 Å². The number of anilines is 1. The number of thioether (sulfide) groups is 1. The van der Waals surface area contributed by atoms with Crippen LogP contribution >= 0.6 is 11.8 Å². The van der Waals surface area contributed by atoms with Crippen molar-refractivity contribution in [3.8, 4) is 5.75 Å². The highest BCUT2D eigenvalue weighted by Gasteiger charge is 2.61. The second-order valence-electron chi connectivity index (χ2n) is 8.99. The van der Waals surface area contributed by atoms with Crippen molar-refractivity contribution < 1.29 is 27.4 Å². The third kappa shape index (κ3) is 3.80. The maximum Gasteiger partial charge on any atom is 0.368 e. The summed E-state index contributed by atoms with van der Waals surface area (Å²) in [7, 11) is -2.20. The van der Waals surface area contributed by atoms with Gasteiger partial charge in [0, 0.05) is 31.2 Å². The summed E-state index contributed by atoms with van der Waals surface area (Å²) in [6, 6.07) is 3.07. The molecular formula is C22H29FN2O5S2. The standard InChI is InChI=1S/C22H29FN2O5S2/c1-4-5-6-15-12-25(22-9-14(10-22)11-22)17-7-19(31-3)18(30-13-16(23)21(26)27)8-20(17)32(28,29)24(15)2/h7-8,13-15H,4-6,9-12H2,1-3H3,(H,26,27). The van der Waals surface area contributed by atoms with Crippen molar-refractivity contribution in [3.63, 3.8) is 0 Å². The van der Waals surface area contributed by atoms with Crippen molar-refractivity contribution in [2.24, 2.45) is 5.92 Å². The molecule has 7 nitrogen and oxygen atoms in total. The van der Waals surface area contributed by atoms with Gasteiger partial charge < -0.3 is 14.7 Å². The Bertz CT molecular complexity index is 1040. The molecule has 32 heavy (non-hydrogen) atoms. The van der Waals surface area contributed by atoms with Gasteiger partial charge in [-0.1, -0.05) is 19.8 Å². The van der Waals surface area contributed by atoms with Crippen LogP contribution in [0.5, 0.6) is 5.75 Å². The smallest absolute Gasteiger partial charge is 0.368 e. The van der Waals surface area contributed by atoms with E-state index in [0.717, 1.165) is 44.4 Å². The molecule has 1 N–H and O–H groups in total. The predicted molar refractivity (Wildman–Crippen MR) is 121 cm³/mol. The van der Waals surface area contributed by atoms with Crippen molar-refractivity contribution in [2.45, 2.75) is 66.8 Å². The Kier molecular flexibility index (Phi) is 6.23. The first kappa shape index (κ1) is 23.4. The van der Waals surface area contributed by atoms with E-state index in [1.807, 2.05) is 6.26 Å². The summed E-state index contributed by atoms with van der Waals surface area (Å²) in [5, 5.41) is 8.76. The lowest BCUT2D eigenvalue weighted by molar-refractivity contribution is -0.134. The molecule has 0 aromatic heterocycles. The minimum atomic E-state index is -3.83. The first-order chi connectivity index (χ1) is 15.1. The number of fused-ring (bicyclic) bond motifs is 1. The van der Waals surface area contributed by atoms with Crippen LogP contribution in [0, 0.1) is 5.92 Å². The van der Waals surface area contributed by atoms with Gasteiger partial charge in [0.25, 0.3) is 0 Å². The molecule has 0 spiro atoms. The summed E-state index contributed by atoms with van der Waals surface area (Å²) in [5.74, 6) is -2.35. The van der Waals surface area contributed by atoms with Crippen molar-refractivity contribution in [1.82, 2.24) is 4.31 Å². The Morgan fingerprint density at radius 3 is 2.59 bits per heavy atom. The molecule has 1 atom stereocenters. The SMILES string of the molecule is CCCCC1CN(C23CC(C2)C3)c2cc(SC)c(OC=C(F)C(=O)O)cc2S(=O)(=O)N1C. The van der Waals surface area contributed by atoms with Crippen LogP contribution in [0.2, 0.25) is 0 Å². The Labute approximate surface area is 192 Å². The molecular weight excluding hydrogens is 455 g/mol. The fourth-order valence-corrected chi connectivity index (χ4v) is 7.17. The number of aliphatic carboxylic acids is 1. The van der Waals surface area contributed by atoms with Crippen molar-refractivity contribution in [2.75, 3.05) is 24.7 Å². The summed E-state index contributed by atoms with van der Waals surface area (Å²) in [4.78, 5) is 13.8. The number of rotatable bonds is 8. The maximum atomic E-state index is 13.6. The first-order valence-electron chi connectivity index (χ1n) is 10.9. The molecule has 1 aromatic rings. The van der Waals surface area contributed by atoms with Gasteiger partial charge in [0.05, 0.1) is 10.6 Å². The highest BCUT2D eigenvalue weighted by atomic mass is 32.2. The lowest BCUT2D eigenvalue weighted by Gasteiger charge is -2.67. The summed E-state index contributed by atoms with van der Waals surface area (Å²) < 4.78 is 47.6. The van der Waals surface area contributed by atoms with Gasteiger partial charge in [0.15, 0.2) is 0 Å². The number of carboxylic acids is 1. The molecule has 3 fully saturated rings. The van der Waals surface area contributed by atoms with Crippen LogP contribution in [-0.2, 0) is 14.8 Å². The van der Waals surface area contributed by atoms with E-state index < -0.39 is 21.8 Å². The number of ether oxygens (including phenoxy) is 1. The van der Waals surface area contributed by atoms with Crippen LogP contribution in [0.3, 0.4) is 0 Å². The molecule has 1 unspecified atom stereocenters. The molecule has 3 aliphatic carbocycles. The number of unbranched alkanes of at least 4 members (excludes halogenated alkanes) is 1. The average molecular weight is 485 g/mol. The van der Waals surface area contributed by atoms with Gasteiger partial charge in [-0.15, -0.1) is 11.8 Å². The van der Waals surface area contributed by atoms with Crippen LogP contribution < -0.4 is 9.64 Å². The fraction of sp³-hybridized carbons (Fsp3) is 0.591. The largest absolute Gasteiger partial charge is 0.476 e. The Balaban J connectivity index is 1.83. The number of halogens is 1. The molecule has 2 bridgehead atoms. The third-order valence-corrected chi connectivity index (χ3v) is 9.76. The molecule has 0 amide bonds. The van der Waals surface area contributed by atoms with E-state index in [0.29, 0.717) is 23.4 Å². The molecule has 1 aliphatic heterocycles. The second kappa shape index (κ2) is 8.53. The fourth-order valence-electron chi connectivity index (χ4n) is 5.07. The van der Waals surface area contributed by atoms with Crippen molar-refractivity contribution >= 4 is 33.4 Å². The third-order valence-electron chi connectivity index (χ3n) is 7.06. The van der Waals surface area contributed by atoms with Gasteiger partial charge in [-0.05, 0) is 43.9 Å². The average Bonchev–Trinajstić information content (AvgIpc) is 2.76. The zero-order valence-corrected chi connectivity index (χ0v) is 20.1. The zero-order chi connectivity index (χ0) is 23.3. The molecule has 1 heterocycles. The summed E-state index contributed by atoms with van der Waals surface area (Å²) >= 11 is 1.34. The second-order valence-corrected chi connectivity index (χ2v) is 11.8. The highest BCUT2D eigenvalue weighted by Crippen LogP contribution is 2.62. The zero-order valence-electron chi connectivity index (χ0n) is 18.5. The Morgan fingerprint density at radius 2 is 2.06 bits per heavy atom.